The maximum atomic E-state index is 4.24. The smallest absolute Gasteiger partial charge is 0.0346 e. The quantitative estimate of drug-likeness (QED) is 0.462. The molecule has 0 N–H and O–H groups in total. The summed E-state index contributed by atoms with van der Waals surface area (Å²) in [4.78, 5) is 4.24. The summed E-state index contributed by atoms with van der Waals surface area (Å²) in [5, 5.41) is 0. The van der Waals surface area contributed by atoms with Crippen LogP contribution in [0.25, 0.3) is 11.1 Å². The van der Waals surface area contributed by atoms with Gasteiger partial charge in [0.15, 0.2) is 0 Å². The van der Waals surface area contributed by atoms with Gasteiger partial charge in [-0.1, -0.05) is 89.6 Å². The van der Waals surface area contributed by atoms with Gasteiger partial charge in [0.05, 0.1) is 0 Å². The lowest BCUT2D eigenvalue weighted by atomic mass is 9.84. The predicted octanol–water partition coefficient (Wildman–Crippen LogP) is 6.85. The van der Waals surface area contributed by atoms with Crippen LogP contribution in [0.15, 0.2) is 48.8 Å². The van der Waals surface area contributed by atoms with Crippen molar-refractivity contribution < 1.29 is 0 Å². The number of pyridine rings is 1. The molecule has 2 aromatic rings. The summed E-state index contributed by atoms with van der Waals surface area (Å²) in [6, 6.07) is 13.1. The monoisotopic (exact) mass is 309 g/mol. The first-order valence-corrected chi connectivity index (χ1v) is 9.22. The Balaban J connectivity index is 1.95. The molecule has 0 aliphatic heterocycles. The number of rotatable bonds is 9. The molecule has 2 unspecified atom stereocenters. The van der Waals surface area contributed by atoms with Gasteiger partial charge in [0.25, 0.3) is 0 Å². The fraction of sp³-hybridized carbons (Fsp3) is 0.500. The van der Waals surface area contributed by atoms with Crippen LogP contribution in [0, 0.1) is 5.92 Å². The molecule has 1 aromatic heterocycles. The number of hydrogen-bond acceptors (Lipinski definition) is 1. The van der Waals surface area contributed by atoms with Gasteiger partial charge in [-0.15, -0.1) is 0 Å². The zero-order chi connectivity index (χ0) is 16.5. The Kier molecular flexibility index (Phi) is 7.32. The second-order valence-electron chi connectivity index (χ2n) is 6.84. The first kappa shape index (κ1) is 17.7. The van der Waals surface area contributed by atoms with E-state index >= 15 is 0 Å². The van der Waals surface area contributed by atoms with E-state index in [1.165, 1.54) is 55.2 Å². The topological polar surface area (TPSA) is 12.9 Å². The molecule has 0 saturated carbocycles. The highest BCUT2D eigenvalue weighted by molar-refractivity contribution is 5.63. The molecule has 0 saturated heterocycles. The molecule has 1 aromatic carbocycles. The fourth-order valence-electron chi connectivity index (χ4n) is 3.18. The highest BCUT2D eigenvalue weighted by Crippen LogP contribution is 2.30. The summed E-state index contributed by atoms with van der Waals surface area (Å²) in [7, 11) is 0. The molecule has 124 valence electrons. The average molecular weight is 309 g/mol. The molecular formula is C22H31N. The van der Waals surface area contributed by atoms with Crippen LogP contribution < -0.4 is 0 Å². The van der Waals surface area contributed by atoms with Crippen molar-refractivity contribution in [2.75, 3.05) is 0 Å². The maximum Gasteiger partial charge on any atom is 0.0346 e. The van der Waals surface area contributed by atoms with Crippen LogP contribution in [0.5, 0.6) is 0 Å². The van der Waals surface area contributed by atoms with Crippen molar-refractivity contribution in [1.82, 2.24) is 4.98 Å². The third-order valence-corrected chi connectivity index (χ3v) is 5.02. The van der Waals surface area contributed by atoms with E-state index in [-0.39, 0.29) is 0 Å². The van der Waals surface area contributed by atoms with Crippen molar-refractivity contribution in [3.8, 4) is 11.1 Å². The fourth-order valence-corrected chi connectivity index (χ4v) is 3.18. The average Bonchev–Trinajstić information content (AvgIpc) is 2.61. The summed E-state index contributed by atoms with van der Waals surface area (Å²) >= 11 is 0. The molecule has 0 radical (unpaired) electrons. The first-order chi connectivity index (χ1) is 11.2. The van der Waals surface area contributed by atoms with Gasteiger partial charge in [-0.25, -0.2) is 0 Å². The second kappa shape index (κ2) is 9.50. The normalized spacial score (nSPS) is 13.7. The lowest BCUT2D eigenvalue weighted by molar-refractivity contribution is 0.426. The largest absolute Gasteiger partial charge is 0.264 e. The Morgan fingerprint density at radius 3 is 2.43 bits per heavy atom. The molecule has 2 rings (SSSR count). The Morgan fingerprint density at radius 2 is 1.70 bits per heavy atom. The van der Waals surface area contributed by atoms with Crippen LogP contribution in [0.1, 0.15) is 70.8 Å². The molecule has 1 heterocycles. The van der Waals surface area contributed by atoms with Gasteiger partial charge in [-0.2, -0.15) is 0 Å². The van der Waals surface area contributed by atoms with Crippen molar-refractivity contribution in [3.63, 3.8) is 0 Å². The Bertz CT molecular complexity index is 561. The predicted molar refractivity (Wildman–Crippen MR) is 101 cm³/mol. The van der Waals surface area contributed by atoms with Gasteiger partial charge in [0.1, 0.15) is 0 Å². The number of nitrogens with zero attached hydrogens (tertiary/aromatic N) is 1. The lowest BCUT2D eigenvalue weighted by Gasteiger charge is -2.21. The first-order valence-electron chi connectivity index (χ1n) is 9.22. The molecular weight excluding hydrogens is 278 g/mol. The van der Waals surface area contributed by atoms with Crippen molar-refractivity contribution in [2.24, 2.45) is 5.92 Å². The number of unbranched alkanes of at least 4 members (excludes halogenated alkanes) is 4. The van der Waals surface area contributed by atoms with E-state index in [2.05, 4.69) is 56.1 Å². The van der Waals surface area contributed by atoms with E-state index in [9.17, 15) is 0 Å². The van der Waals surface area contributed by atoms with Crippen LogP contribution >= 0.6 is 0 Å². The van der Waals surface area contributed by atoms with Crippen molar-refractivity contribution in [3.05, 3.63) is 54.4 Å². The van der Waals surface area contributed by atoms with Crippen molar-refractivity contribution in [1.29, 1.82) is 0 Å². The van der Waals surface area contributed by atoms with Crippen molar-refractivity contribution >= 4 is 0 Å². The molecule has 23 heavy (non-hydrogen) atoms. The second-order valence-corrected chi connectivity index (χ2v) is 6.84. The minimum atomic E-state index is 0.609. The lowest BCUT2D eigenvalue weighted by Crippen LogP contribution is -2.06. The van der Waals surface area contributed by atoms with Gasteiger partial charge in [0, 0.05) is 12.4 Å². The summed E-state index contributed by atoms with van der Waals surface area (Å²) in [6.45, 7) is 7.06. The third-order valence-electron chi connectivity index (χ3n) is 5.02. The molecule has 0 spiro atoms. The van der Waals surface area contributed by atoms with E-state index in [4.69, 9.17) is 0 Å². The van der Waals surface area contributed by atoms with Crippen LogP contribution in [-0.2, 0) is 0 Å². The minimum absolute atomic E-state index is 0.609. The summed E-state index contributed by atoms with van der Waals surface area (Å²) in [5.41, 5.74) is 3.93. The molecule has 0 aliphatic carbocycles. The number of benzene rings is 1. The summed E-state index contributed by atoms with van der Waals surface area (Å²) < 4.78 is 0. The van der Waals surface area contributed by atoms with Gasteiger partial charge in [-0.05, 0) is 34.6 Å². The zero-order valence-corrected chi connectivity index (χ0v) is 15.0. The maximum absolute atomic E-state index is 4.24. The number of hydrogen-bond donors (Lipinski definition) is 0. The van der Waals surface area contributed by atoms with Gasteiger partial charge in [-0.3, -0.25) is 4.98 Å². The van der Waals surface area contributed by atoms with E-state index < -0.39 is 0 Å². The van der Waals surface area contributed by atoms with Gasteiger partial charge in [0.2, 0.25) is 0 Å². The number of aromatic nitrogens is 1. The highest BCUT2D eigenvalue weighted by Gasteiger charge is 2.14. The van der Waals surface area contributed by atoms with Crippen LogP contribution in [0.4, 0.5) is 0 Å². The van der Waals surface area contributed by atoms with Crippen LogP contribution in [0.2, 0.25) is 0 Å². The Morgan fingerprint density at radius 1 is 0.913 bits per heavy atom. The van der Waals surface area contributed by atoms with E-state index in [1.54, 1.807) is 0 Å². The minimum Gasteiger partial charge on any atom is -0.264 e. The summed E-state index contributed by atoms with van der Waals surface area (Å²) in [5.74, 6) is 1.35. The molecule has 0 bridgehead atoms. The van der Waals surface area contributed by atoms with E-state index in [0.717, 1.165) is 5.92 Å². The van der Waals surface area contributed by atoms with Gasteiger partial charge >= 0.3 is 0 Å². The molecule has 1 heteroatoms. The molecule has 2 atom stereocenters. The molecule has 0 amide bonds. The molecule has 0 aliphatic rings. The van der Waals surface area contributed by atoms with E-state index in [0.29, 0.717) is 5.92 Å². The van der Waals surface area contributed by atoms with Crippen LogP contribution in [0.3, 0.4) is 0 Å². The molecule has 1 nitrogen and oxygen atoms in total. The zero-order valence-electron chi connectivity index (χ0n) is 15.0. The highest BCUT2D eigenvalue weighted by atomic mass is 14.6. The standard InChI is InChI=1S/C22H31N/c1-4-5-6-7-8-11-18(2)19(3)20-12-9-13-21(16-20)22-14-10-15-23-17-22/h9-10,12-19H,4-8,11H2,1-3H3. The van der Waals surface area contributed by atoms with Crippen LogP contribution in [-0.4, -0.2) is 4.98 Å². The van der Waals surface area contributed by atoms with E-state index in [1.807, 2.05) is 18.5 Å². The van der Waals surface area contributed by atoms with Crippen molar-refractivity contribution in [2.45, 2.75) is 65.2 Å². The molecule has 0 fully saturated rings. The van der Waals surface area contributed by atoms with Gasteiger partial charge < -0.3 is 0 Å². The SMILES string of the molecule is CCCCCCCC(C)C(C)c1cccc(-c2cccnc2)c1. The third kappa shape index (κ3) is 5.49. The Labute approximate surface area is 142 Å². The summed E-state index contributed by atoms with van der Waals surface area (Å²) in [6.07, 6.45) is 12.0. The Hall–Kier alpha value is -1.63.